The average molecular weight is 563 g/mol. The molecule has 0 amide bonds. The Hall–Kier alpha value is -2.97. The van der Waals surface area contributed by atoms with E-state index >= 15 is 0 Å². The maximum absolute atomic E-state index is 13.0. The first-order chi connectivity index (χ1) is 17.9. The molecule has 1 aromatic carbocycles. The molecule has 2 aliphatic heterocycles. The Balaban J connectivity index is 0.000000146. The number of pyridine rings is 1. The van der Waals surface area contributed by atoms with Crippen LogP contribution in [-0.4, -0.2) is 37.6 Å². The topological polar surface area (TPSA) is 73.8 Å². The number of nitrogens with zero attached hydrogens (tertiary/aromatic N) is 4. The van der Waals surface area contributed by atoms with Crippen LogP contribution in [0.3, 0.4) is 0 Å². The van der Waals surface area contributed by atoms with Crippen LogP contribution in [0.5, 0.6) is 0 Å². The van der Waals surface area contributed by atoms with Crippen molar-refractivity contribution in [2.45, 2.75) is 45.2 Å². The summed E-state index contributed by atoms with van der Waals surface area (Å²) < 4.78 is 6.89. The highest BCUT2D eigenvalue weighted by Gasteiger charge is 2.32. The molecule has 3 atom stereocenters. The fraction of sp³-hybridized carbons (Fsp3) is 0.414. The van der Waals surface area contributed by atoms with Gasteiger partial charge in [-0.25, -0.2) is 4.98 Å². The fourth-order valence-electron chi connectivity index (χ4n) is 6.43. The fourth-order valence-corrected chi connectivity index (χ4v) is 6.78. The van der Waals surface area contributed by atoms with Crippen molar-refractivity contribution in [3.05, 3.63) is 86.4 Å². The molecule has 3 unspecified atom stereocenters. The summed E-state index contributed by atoms with van der Waals surface area (Å²) in [5.41, 5.74) is 4.60. The van der Waals surface area contributed by atoms with Crippen LogP contribution in [0.25, 0.3) is 10.9 Å². The molecule has 1 saturated heterocycles. The SMILES string of the molecule is Cc1nccn1CC1CCc2c(c3ccccc3n2C)C1=O.O=c1c(Br)ccc2n1CC1CNCC2C1. The Bertz CT molecular complexity index is 1550. The number of piperidine rings is 1. The van der Waals surface area contributed by atoms with Gasteiger partial charge < -0.3 is 19.0 Å². The van der Waals surface area contributed by atoms with Crippen LogP contribution < -0.4 is 10.9 Å². The minimum Gasteiger partial charge on any atom is -0.347 e. The van der Waals surface area contributed by atoms with E-state index in [2.05, 4.69) is 60.6 Å². The number of rotatable bonds is 2. The second-order valence-electron chi connectivity index (χ2n) is 10.6. The molecule has 1 fully saturated rings. The van der Waals surface area contributed by atoms with E-state index in [1.54, 1.807) is 6.20 Å². The molecule has 5 heterocycles. The molecule has 7 rings (SSSR count). The molecule has 4 aromatic rings. The first-order valence-electron chi connectivity index (χ1n) is 13.1. The zero-order valence-electron chi connectivity index (χ0n) is 21.3. The van der Waals surface area contributed by atoms with E-state index in [-0.39, 0.29) is 17.3 Å². The number of hydrogen-bond acceptors (Lipinski definition) is 4. The number of aromatic nitrogens is 4. The van der Waals surface area contributed by atoms with E-state index < -0.39 is 0 Å². The van der Waals surface area contributed by atoms with Crippen LogP contribution in [0.2, 0.25) is 0 Å². The molecule has 37 heavy (non-hydrogen) atoms. The zero-order valence-corrected chi connectivity index (χ0v) is 22.9. The highest BCUT2D eigenvalue weighted by atomic mass is 79.9. The number of benzene rings is 1. The van der Waals surface area contributed by atoms with Gasteiger partial charge in [-0.1, -0.05) is 18.2 Å². The number of carbonyl (C=O) groups excluding carboxylic acids is 1. The predicted molar refractivity (Wildman–Crippen MR) is 148 cm³/mol. The Kier molecular flexibility index (Phi) is 6.41. The van der Waals surface area contributed by atoms with E-state index in [9.17, 15) is 9.59 Å². The second-order valence-corrected chi connectivity index (χ2v) is 11.5. The molecule has 3 aliphatic rings. The largest absolute Gasteiger partial charge is 0.347 e. The van der Waals surface area contributed by atoms with Crippen LogP contribution >= 0.6 is 15.9 Å². The highest BCUT2D eigenvalue weighted by Crippen LogP contribution is 2.34. The number of fused-ring (bicyclic) bond motifs is 7. The van der Waals surface area contributed by atoms with Crippen molar-refractivity contribution in [1.29, 1.82) is 0 Å². The highest BCUT2D eigenvalue weighted by molar-refractivity contribution is 9.10. The van der Waals surface area contributed by atoms with Crippen molar-refractivity contribution in [3.8, 4) is 0 Å². The number of nitrogens with one attached hydrogen (secondary N) is 1. The van der Waals surface area contributed by atoms with Crippen molar-refractivity contribution >= 4 is 32.6 Å². The summed E-state index contributed by atoms with van der Waals surface area (Å²) in [6.07, 6.45) is 6.86. The minimum absolute atomic E-state index is 0.0474. The maximum atomic E-state index is 13.0. The van der Waals surface area contributed by atoms with E-state index in [4.69, 9.17) is 0 Å². The lowest BCUT2D eigenvalue weighted by atomic mass is 9.84. The Morgan fingerprint density at radius 2 is 1.97 bits per heavy atom. The van der Waals surface area contributed by atoms with Gasteiger partial charge in [-0.05, 0) is 72.8 Å². The molecule has 0 radical (unpaired) electrons. The lowest BCUT2D eigenvalue weighted by Crippen LogP contribution is -2.44. The summed E-state index contributed by atoms with van der Waals surface area (Å²) in [6.45, 7) is 5.65. The number of Topliss-reactive ketones (excluding diaryl/α,β-unsaturated/α-hetero) is 1. The van der Waals surface area contributed by atoms with Crippen LogP contribution in [0.15, 0.2) is 58.1 Å². The number of para-hydroxylation sites is 1. The van der Waals surface area contributed by atoms with Gasteiger partial charge in [-0.2, -0.15) is 0 Å². The third-order valence-corrected chi connectivity index (χ3v) is 8.98. The van der Waals surface area contributed by atoms with Gasteiger partial charge in [-0.3, -0.25) is 9.59 Å². The van der Waals surface area contributed by atoms with E-state index in [1.807, 2.05) is 35.9 Å². The lowest BCUT2D eigenvalue weighted by Gasteiger charge is -2.37. The Labute approximate surface area is 224 Å². The number of hydrogen-bond donors (Lipinski definition) is 1. The van der Waals surface area contributed by atoms with Crippen LogP contribution in [0.1, 0.15) is 46.3 Å². The number of ketones is 1. The smallest absolute Gasteiger partial charge is 0.265 e. The summed E-state index contributed by atoms with van der Waals surface area (Å²) in [5.74, 6) is 2.45. The third-order valence-electron chi connectivity index (χ3n) is 8.38. The number of imidazole rings is 1. The number of carbonyl (C=O) groups is 1. The molecule has 2 bridgehead atoms. The van der Waals surface area contributed by atoms with Crippen molar-refractivity contribution in [2.24, 2.45) is 18.9 Å². The first kappa shape index (κ1) is 24.4. The average Bonchev–Trinajstić information content (AvgIpc) is 3.44. The predicted octanol–water partition coefficient (Wildman–Crippen LogP) is 4.45. The van der Waals surface area contributed by atoms with Crippen LogP contribution in [-0.2, 0) is 26.6 Å². The second kappa shape index (κ2) is 9.72. The van der Waals surface area contributed by atoms with E-state index in [0.717, 1.165) is 61.3 Å². The molecular formula is C29H32BrN5O2. The van der Waals surface area contributed by atoms with E-state index in [0.29, 0.717) is 16.3 Å². The Morgan fingerprint density at radius 1 is 1.14 bits per heavy atom. The van der Waals surface area contributed by atoms with Gasteiger partial charge in [0.2, 0.25) is 0 Å². The zero-order chi connectivity index (χ0) is 25.7. The van der Waals surface area contributed by atoms with Gasteiger partial charge in [-0.15, -0.1) is 0 Å². The number of aryl methyl sites for hydroxylation is 2. The van der Waals surface area contributed by atoms with Crippen molar-refractivity contribution in [3.63, 3.8) is 0 Å². The molecular weight excluding hydrogens is 530 g/mol. The van der Waals surface area contributed by atoms with Gasteiger partial charge in [0.15, 0.2) is 5.78 Å². The van der Waals surface area contributed by atoms with Crippen LogP contribution in [0.4, 0.5) is 0 Å². The van der Waals surface area contributed by atoms with Gasteiger partial charge in [0.25, 0.3) is 5.56 Å². The maximum Gasteiger partial charge on any atom is 0.265 e. The van der Waals surface area contributed by atoms with Gasteiger partial charge in [0.1, 0.15) is 5.82 Å². The molecule has 192 valence electrons. The molecule has 8 heteroatoms. The Morgan fingerprint density at radius 3 is 2.78 bits per heavy atom. The molecule has 0 saturated carbocycles. The minimum atomic E-state index is 0.0474. The molecule has 3 aromatic heterocycles. The number of halogens is 1. The van der Waals surface area contributed by atoms with Crippen LogP contribution in [0, 0.1) is 18.8 Å². The normalized spacial score (nSPS) is 22.2. The lowest BCUT2D eigenvalue weighted by molar-refractivity contribution is 0.0888. The van der Waals surface area contributed by atoms with Crippen molar-refractivity contribution < 1.29 is 4.79 Å². The summed E-state index contributed by atoms with van der Waals surface area (Å²) in [5, 5.41) is 4.53. The van der Waals surface area contributed by atoms with Gasteiger partial charge >= 0.3 is 0 Å². The molecule has 0 spiro atoms. The third kappa shape index (κ3) is 4.30. The monoisotopic (exact) mass is 561 g/mol. The van der Waals surface area contributed by atoms with E-state index in [1.165, 1.54) is 17.8 Å². The van der Waals surface area contributed by atoms with Crippen molar-refractivity contribution in [2.75, 3.05) is 13.1 Å². The molecule has 1 N–H and O–H groups in total. The molecule has 1 aliphatic carbocycles. The summed E-state index contributed by atoms with van der Waals surface area (Å²) in [4.78, 5) is 29.2. The standard InChI is InChI=1S/C18H19N3O.C11H13BrN2O/c1-12-19-9-10-21(12)11-13-7-8-16-17(18(13)22)14-5-3-4-6-15(14)20(16)2;12-9-1-2-10-8-3-7(4-13-5-8)6-14(10)11(9)15/h3-6,9-10,13H,7-8,11H2,1-2H3;1-2,7-8,13H,3-6H2. The molecule has 7 nitrogen and oxygen atoms in total. The quantitative estimate of drug-likeness (QED) is 0.392. The summed E-state index contributed by atoms with van der Waals surface area (Å²) in [7, 11) is 2.06. The van der Waals surface area contributed by atoms with Gasteiger partial charge in [0.05, 0.1) is 4.47 Å². The summed E-state index contributed by atoms with van der Waals surface area (Å²) >= 11 is 3.31. The van der Waals surface area contributed by atoms with Gasteiger partial charge in [0, 0.05) is 78.8 Å². The van der Waals surface area contributed by atoms with Crippen molar-refractivity contribution in [1.82, 2.24) is 24.0 Å². The summed E-state index contributed by atoms with van der Waals surface area (Å²) in [6, 6.07) is 12.2. The first-order valence-corrected chi connectivity index (χ1v) is 13.9.